The number of rotatable bonds is 6. The molecule has 24 heavy (non-hydrogen) atoms. The van der Waals surface area contributed by atoms with Crippen LogP contribution in [0.5, 0.6) is 0 Å². The van der Waals surface area contributed by atoms with E-state index in [1.807, 2.05) is 49.6 Å². The summed E-state index contributed by atoms with van der Waals surface area (Å²) in [4.78, 5) is 4.47. The molecule has 0 radical (unpaired) electrons. The highest BCUT2D eigenvalue weighted by Gasteiger charge is 2.26. The predicted octanol–water partition coefficient (Wildman–Crippen LogP) is 2.40. The normalized spacial score (nSPS) is 15.0. The number of hydrogen-bond acceptors (Lipinski definition) is 4. The average molecular weight is 322 g/mol. The first-order valence-corrected chi connectivity index (χ1v) is 7.97. The summed E-state index contributed by atoms with van der Waals surface area (Å²) in [6.45, 7) is 2.17. The molecule has 2 heterocycles. The number of benzene rings is 1. The van der Waals surface area contributed by atoms with Crippen LogP contribution in [0.25, 0.3) is 0 Å². The van der Waals surface area contributed by atoms with Gasteiger partial charge in [-0.1, -0.05) is 36.4 Å². The first-order valence-electron chi connectivity index (χ1n) is 7.97. The minimum atomic E-state index is -1.02. The van der Waals surface area contributed by atoms with E-state index in [1.54, 1.807) is 24.0 Å². The molecule has 0 aliphatic carbocycles. The van der Waals surface area contributed by atoms with Crippen LogP contribution in [-0.4, -0.2) is 26.4 Å². The summed E-state index contributed by atoms with van der Waals surface area (Å²) in [5, 5.41) is 18.4. The smallest absolute Gasteiger partial charge is 0.102 e. The van der Waals surface area contributed by atoms with Gasteiger partial charge in [-0.3, -0.25) is 9.67 Å². The summed E-state index contributed by atoms with van der Waals surface area (Å²) in [7, 11) is 1.84. The van der Waals surface area contributed by atoms with Gasteiger partial charge in [-0.05, 0) is 24.6 Å². The summed E-state index contributed by atoms with van der Waals surface area (Å²) >= 11 is 0. The third-order valence-electron chi connectivity index (χ3n) is 4.09. The highest BCUT2D eigenvalue weighted by Crippen LogP contribution is 2.24. The lowest BCUT2D eigenvalue weighted by Crippen LogP contribution is -2.37. The molecule has 5 heteroatoms. The van der Waals surface area contributed by atoms with Crippen molar-refractivity contribution in [1.29, 1.82) is 0 Å². The summed E-state index contributed by atoms with van der Waals surface area (Å²) in [6.07, 6.45) is 5.31. The molecular formula is C19H22N4O. The van der Waals surface area contributed by atoms with E-state index < -0.39 is 5.60 Å². The Bertz CT molecular complexity index is 729. The zero-order chi connectivity index (χ0) is 17.0. The van der Waals surface area contributed by atoms with Gasteiger partial charge in [0.2, 0.25) is 0 Å². The van der Waals surface area contributed by atoms with Gasteiger partial charge in [0.1, 0.15) is 5.60 Å². The Balaban J connectivity index is 1.82. The Morgan fingerprint density at radius 2 is 1.92 bits per heavy atom. The Morgan fingerprint density at radius 1 is 1.17 bits per heavy atom. The second-order valence-electron chi connectivity index (χ2n) is 6.16. The van der Waals surface area contributed by atoms with Gasteiger partial charge < -0.3 is 10.4 Å². The van der Waals surface area contributed by atoms with Crippen molar-refractivity contribution < 1.29 is 5.11 Å². The maximum absolute atomic E-state index is 10.8. The van der Waals surface area contributed by atoms with Crippen LogP contribution in [0.4, 0.5) is 0 Å². The standard InChI is InChI=1S/C19H22N4O/c1-19(24,16-12-22-23(2)13-16)14-21-18(15-8-4-3-5-9-15)17-10-6-7-11-20-17/h3-13,18,21,24H,14H2,1-2H3. The Kier molecular flexibility index (Phi) is 4.74. The Labute approximate surface area is 142 Å². The van der Waals surface area contributed by atoms with Gasteiger partial charge in [-0.2, -0.15) is 5.10 Å². The summed E-state index contributed by atoms with van der Waals surface area (Å²) in [5.41, 5.74) is 1.80. The van der Waals surface area contributed by atoms with Crippen LogP contribution in [0.3, 0.4) is 0 Å². The summed E-state index contributed by atoms with van der Waals surface area (Å²) in [6, 6.07) is 15.9. The second-order valence-corrected chi connectivity index (χ2v) is 6.16. The van der Waals surface area contributed by atoms with Gasteiger partial charge >= 0.3 is 0 Å². The van der Waals surface area contributed by atoms with Crippen molar-refractivity contribution in [3.05, 3.63) is 83.9 Å². The van der Waals surface area contributed by atoms with E-state index in [1.165, 1.54) is 0 Å². The van der Waals surface area contributed by atoms with Crippen LogP contribution in [0.15, 0.2) is 67.1 Å². The van der Waals surface area contributed by atoms with Crippen molar-refractivity contribution >= 4 is 0 Å². The lowest BCUT2D eigenvalue weighted by molar-refractivity contribution is 0.0548. The third-order valence-corrected chi connectivity index (χ3v) is 4.09. The molecule has 0 fully saturated rings. The van der Waals surface area contributed by atoms with E-state index in [0.717, 1.165) is 16.8 Å². The molecule has 2 N–H and O–H groups in total. The number of aliphatic hydroxyl groups is 1. The van der Waals surface area contributed by atoms with Crippen LogP contribution >= 0.6 is 0 Å². The van der Waals surface area contributed by atoms with Crippen LogP contribution in [0.2, 0.25) is 0 Å². The van der Waals surface area contributed by atoms with Crippen molar-refractivity contribution in [2.45, 2.75) is 18.6 Å². The fourth-order valence-electron chi connectivity index (χ4n) is 2.69. The number of aromatic nitrogens is 3. The molecule has 2 unspecified atom stereocenters. The number of nitrogens with one attached hydrogen (secondary N) is 1. The molecule has 0 bridgehead atoms. The van der Waals surface area contributed by atoms with Gasteiger partial charge in [-0.25, -0.2) is 0 Å². The van der Waals surface area contributed by atoms with Gasteiger partial charge in [0.15, 0.2) is 0 Å². The average Bonchev–Trinajstić information content (AvgIpc) is 3.04. The van der Waals surface area contributed by atoms with E-state index in [9.17, 15) is 5.11 Å². The predicted molar refractivity (Wildman–Crippen MR) is 93.3 cm³/mol. The quantitative estimate of drug-likeness (QED) is 0.731. The minimum Gasteiger partial charge on any atom is -0.384 e. The molecule has 0 spiro atoms. The van der Waals surface area contributed by atoms with Gasteiger partial charge in [0.05, 0.1) is 17.9 Å². The number of nitrogens with zero attached hydrogens (tertiary/aromatic N) is 3. The van der Waals surface area contributed by atoms with Crippen molar-refractivity contribution in [1.82, 2.24) is 20.1 Å². The topological polar surface area (TPSA) is 63.0 Å². The first-order chi connectivity index (χ1) is 11.6. The van der Waals surface area contributed by atoms with Crippen LogP contribution in [0, 0.1) is 0 Å². The maximum atomic E-state index is 10.8. The van der Waals surface area contributed by atoms with Crippen LogP contribution in [0.1, 0.15) is 29.8 Å². The SMILES string of the molecule is Cn1cc(C(C)(O)CNC(c2ccccc2)c2ccccn2)cn1. The highest BCUT2D eigenvalue weighted by atomic mass is 16.3. The lowest BCUT2D eigenvalue weighted by atomic mass is 9.97. The molecule has 2 atom stereocenters. The Hall–Kier alpha value is -2.50. The minimum absolute atomic E-state index is 0.0875. The maximum Gasteiger partial charge on any atom is 0.102 e. The monoisotopic (exact) mass is 322 g/mol. The lowest BCUT2D eigenvalue weighted by Gasteiger charge is -2.26. The molecule has 0 aliphatic rings. The van der Waals surface area contributed by atoms with E-state index >= 15 is 0 Å². The van der Waals surface area contributed by atoms with Gasteiger partial charge in [0.25, 0.3) is 0 Å². The summed E-state index contributed by atoms with van der Waals surface area (Å²) in [5.74, 6) is 0. The van der Waals surface area contributed by atoms with E-state index in [2.05, 4.69) is 27.5 Å². The van der Waals surface area contributed by atoms with E-state index in [4.69, 9.17) is 0 Å². The van der Waals surface area contributed by atoms with Gasteiger partial charge in [0, 0.05) is 31.5 Å². The number of hydrogen-bond donors (Lipinski definition) is 2. The molecule has 124 valence electrons. The number of aryl methyl sites for hydroxylation is 1. The summed E-state index contributed by atoms with van der Waals surface area (Å²) < 4.78 is 1.69. The molecule has 0 aliphatic heterocycles. The first kappa shape index (κ1) is 16.4. The zero-order valence-corrected chi connectivity index (χ0v) is 13.9. The molecule has 5 nitrogen and oxygen atoms in total. The molecule has 0 amide bonds. The van der Waals surface area contributed by atoms with Crippen LogP contribution < -0.4 is 5.32 Å². The van der Waals surface area contributed by atoms with Crippen molar-refractivity contribution in [2.75, 3.05) is 6.54 Å². The van der Waals surface area contributed by atoms with Gasteiger partial charge in [-0.15, -0.1) is 0 Å². The third kappa shape index (κ3) is 3.69. The van der Waals surface area contributed by atoms with E-state index in [0.29, 0.717) is 6.54 Å². The molecule has 3 rings (SSSR count). The largest absolute Gasteiger partial charge is 0.384 e. The number of pyridine rings is 1. The highest BCUT2D eigenvalue weighted by molar-refractivity contribution is 5.28. The van der Waals surface area contributed by atoms with Crippen molar-refractivity contribution in [2.24, 2.45) is 7.05 Å². The fraction of sp³-hybridized carbons (Fsp3) is 0.263. The van der Waals surface area contributed by atoms with Crippen LogP contribution in [-0.2, 0) is 12.6 Å². The van der Waals surface area contributed by atoms with Crippen molar-refractivity contribution in [3.63, 3.8) is 0 Å². The molecule has 1 aromatic carbocycles. The molecular weight excluding hydrogens is 300 g/mol. The van der Waals surface area contributed by atoms with E-state index in [-0.39, 0.29) is 6.04 Å². The van der Waals surface area contributed by atoms with Crippen molar-refractivity contribution in [3.8, 4) is 0 Å². The zero-order valence-electron chi connectivity index (χ0n) is 13.9. The fourth-order valence-corrected chi connectivity index (χ4v) is 2.69. The molecule has 2 aromatic heterocycles. The second kappa shape index (κ2) is 6.95. The Morgan fingerprint density at radius 3 is 2.54 bits per heavy atom. The molecule has 3 aromatic rings. The molecule has 0 saturated carbocycles. The molecule has 0 saturated heterocycles.